The van der Waals surface area contributed by atoms with Crippen molar-refractivity contribution in [1.82, 2.24) is 10.2 Å². The second kappa shape index (κ2) is 6.56. The highest BCUT2D eigenvalue weighted by Gasteiger charge is 2.23. The van der Waals surface area contributed by atoms with Crippen molar-refractivity contribution in [2.24, 2.45) is 5.92 Å². The van der Waals surface area contributed by atoms with Crippen molar-refractivity contribution < 1.29 is 19.8 Å². The average Bonchev–Trinajstić information content (AvgIpc) is 2.25. The van der Waals surface area contributed by atoms with E-state index in [1.54, 1.807) is 0 Å². The van der Waals surface area contributed by atoms with Crippen LogP contribution in [0.4, 0.5) is 0 Å². The molecule has 6 nitrogen and oxygen atoms in total. The Bertz CT molecular complexity index is 275. The third-order valence-corrected chi connectivity index (χ3v) is 3.17. The van der Waals surface area contributed by atoms with E-state index in [4.69, 9.17) is 10.2 Å². The lowest BCUT2D eigenvalue weighted by Crippen LogP contribution is -2.43. The summed E-state index contributed by atoms with van der Waals surface area (Å²) in [6.07, 6.45) is 1.69. The molecule has 0 radical (unpaired) electrons. The molecule has 1 saturated heterocycles. The lowest BCUT2D eigenvalue weighted by molar-refractivity contribution is -0.146. The molecule has 6 heteroatoms. The van der Waals surface area contributed by atoms with Gasteiger partial charge in [0.05, 0.1) is 6.42 Å². The van der Waals surface area contributed by atoms with Gasteiger partial charge in [0.15, 0.2) is 0 Å². The van der Waals surface area contributed by atoms with Gasteiger partial charge in [-0.25, -0.2) is 0 Å². The van der Waals surface area contributed by atoms with Crippen LogP contribution in [0.3, 0.4) is 0 Å². The molecule has 1 unspecified atom stereocenters. The number of nitrogens with one attached hydrogen (secondary N) is 1. The van der Waals surface area contributed by atoms with Crippen molar-refractivity contribution >= 4 is 11.9 Å². The molecule has 0 aromatic heterocycles. The lowest BCUT2D eigenvalue weighted by atomic mass is 9.97. The van der Waals surface area contributed by atoms with E-state index in [1.165, 1.54) is 0 Å². The minimum Gasteiger partial charge on any atom is -0.481 e. The highest BCUT2D eigenvalue weighted by molar-refractivity contribution is 5.80. The Balaban J connectivity index is 2.31. The number of piperidine rings is 1. The number of rotatable bonds is 6. The zero-order chi connectivity index (χ0) is 12.8. The molecule has 0 aromatic carbocycles. The number of nitrogens with zero attached hydrogens (tertiary/aromatic N) is 1. The molecule has 0 amide bonds. The standard InChI is InChI=1S/C11H20N2O4/c1-13-4-2-8(3-5-13)7-12-9(11(16)17)6-10(14)15/h8-9,12H,2-7H2,1H3,(H,14,15)(H,16,17). The van der Waals surface area contributed by atoms with Crippen LogP contribution in [-0.4, -0.2) is 59.8 Å². The second-order valence-corrected chi connectivity index (χ2v) is 4.64. The normalized spacial score (nSPS) is 20.1. The van der Waals surface area contributed by atoms with Crippen LogP contribution in [0.15, 0.2) is 0 Å². The zero-order valence-electron chi connectivity index (χ0n) is 10.1. The van der Waals surface area contributed by atoms with Crippen molar-refractivity contribution in [3.63, 3.8) is 0 Å². The summed E-state index contributed by atoms with van der Waals surface area (Å²) in [5.41, 5.74) is 0. The summed E-state index contributed by atoms with van der Waals surface area (Å²) in [4.78, 5) is 23.6. The van der Waals surface area contributed by atoms with Gasteiger partial charge in [-0.1, -0.05) is 0 Å². The van der Waals surface area contributed by atoms with E-state index >= 15 is 0 Å². The van der Waals surface area contributed by atoms with E-state index in [0.717, 1.165) is 25.9 Å². The van der Waals surface area contributed by atoms with Crippen molar-refractivity contribution in [2.75, 3.05) is 26.7 Å². The van der Waals surface area contributed by atoms with Crippen LogP contribution in [0.25, 0.3) is 0 Å². The molecular weight excluding hydrogens is 224 g/mol. The molecule has 0 aliphatic carbocycles. The topological polar surface area (TPSA) is 89.9 Å². The quantitative estimate of drug-likeness (QED) is 0.602. The second-order valence-electron chi connectivity index (χ2n) is 4.64. The molecule has 1 heterocycles. The number of likely N-dealkylation sites (tertiary alicyclic amines) is 1. The van der Waals surface area contributed by atoms with Gasteiger partial charge < -0.3 is 20.4 Å². The van der Waals surface area contributed by atoms with Crippen molar-refractivity contribution in [1.29, 1.82) is 0 Å². The van der Waals surface area contributed by atoms with Gasteiger partial charge in [0.1, 0.15) is 6.04 Å². The number of hydrogen-bond acceptors (Lipinski definition) is 4. The van der Waals surface area contributed by atoms with Crippen LogP contribution in [0.2, 0.25) is 0 Å². The van der Waals surface area contributed by atoms with E-state index in [1.807, 2.05) is 0 Å². The largest absolute Gasteiger partial charge is 0.481 e. The summed E-state index contributed by atoms with van der Waals surface area (Å²) in [6.45, 7) is 2.62. The van der Waals surface area contributed by atoms with Crippen LogP contribution in [0.1, 0.15) is 19.3 Å². The first-order valence-electron chi connectivity index (χ1n) is 5.85. The molecule has 1 atom stereocenters. The highest BCUT2D eigenvalue weighted by Crippen LogP contribution is 2.15. The van der Waals surface area contributed by atoms with E-state index in [2.05, 4.69) is 17.3 Å². The number of aliphatic carboxylic acids is 2. The molecule has 3 N–H and O–H groups in total. The summed E-state index contributed by atoms with van der Waals surface area (Å²) in [5.74, 6) is -1.74. The first-order chi connectivity index (χ1) is 7.99. The Morgan fingerprint density at radius 2 is 1.94 bits per heavy atom. The number of carbonyl (C=O) groups is 2. The molecule has 0 saturated carbocycles. The van der Waals surface area contributed by atoms with Crippen LogP contribution < -0.4 is 5.32 Å². The molecule has 0 bridgehead atoms. The molecule has 1 aliphatic rings. The molecular formula is C11H20N2O4. The Labute approximate surface area is 101 Å². The Morgan fingerprint density at radius 3 is 2.41 bits per heavy atom. The number of carboxylic acids is 2. The molecule has 0 aromatic rings. The molecule has 17 heavy (non-hydrogen) atoms. The van der Waals surface area contributed by atoms with Crippen molar-refractivity contribution in [3.8, 4) is 0 Å². The summed E-state index contributed by atoms with van der Waals surface area (Å²) in [7, 11) is 2.06. The van der Waals surface area contributed by atoms with Crippen molar-refractivity contribution in [3.05, 3.63) is 0 Å². The van der Waals surface area contributed by atoms with E-state index in [-0.39, 0.29) is 6.42 Å². The third kappa shape index (κ3) is 5.14. The molecule has 0 spiro atoms. The van der Waals surface area contributed by atoms with E-state index in [9.17, 15) is 9.59 Å². The predicted molar refractivity (Wildman–Crippen MR) is 61.9 cm³/mol. The smallest absolute Gasteiger partial charge is 0.321 e. The predicted octanol–water partition coefficient (Wildman–Crippen LogP) is -0.154. The average molecular weight is 244 g/mol. The molecule has 1 rings (SSSR count). The van der Waals surface area contributed by atoms with Crippen LogP contribution in [-0.2, 0) is 9.59 Å². The lowest BCUT2D eigenvalue weighted by Gasteiger charge is -2.29. The van der Waals surface area contributed by atoms with Crippen molar-refractivity contribution in [2.45, 2.75) is 25.3 Å². The summed E-state index contributed by atoms with van der Waals surface area (Å²) in [5, 5.41) is 20.3. The minimum absolute atomic E-state index is 0.373. The SMILES string of the molecule is CN1CCC(CNC(CC(=O)O)C(=O)O)CC1. The number of hydrogen-bond donors (Lipinski definition) is 3. The minimum atomic E-state index is -1.10. The van der Waals surface area contributed by atoms with Gasteiger partial charge in [-0.2, -0.15) is 0 Å². The van der Waals surface area contributed by atoms with Gasteiger partial charge in [-0.05, 0) is 45.4 Å². The fourth-order valence-electron chi connectivity index (χ4n) is 2.00. The summed E-state index contributed by atoms with van der Waals surface area (Å²) in [6, 6.07) is -0.979. The Hall–Kier alpha value is -1.14. The molecule has 1 fully saturated rings. The Kier molecular flexibility index (Phi) is 5.37. The van der Waals surface area contributed by atoms with Gasteiger partial charge in [-0.3, -0.25) is 9.59 Å². The van der Waals surface area contributed by atoms with Gasteiger partial charge in [0.2, 0.25) is 0 Å². The molecule has 1 aliphatic heterocycles. The Morgan fingerprint density at radius 1 is 1.35 bits per heavy atom. The first kappa shape index (κ1) is 13.9. The number of carboxylic acid groups (broad SMARTS) is 2. The van der Waals surface area contributed by atoms with Crippen LogP contribution in [0.5, 0.6) is 0 Å². The van der Waals surface area contributed by atoms with Crippen LogP contribution in [0, 0.1) is 5.92 Å². The van der Waals surface area contributed by atoms with Gasteiger partial charge in [0, 0.05) is 0 Å². The van der Waals surface area contributed by atoms with Gasteiger partial charge in [-0.15, -0.1) is 0 Å². The first-order valence-corrected chi connectivity index (χ1v) is 5.85. The maximum absolute atomic E-state index is 10.8. The third-order valence-electron chi connectivity index (χ3n) is 3.17. The van der Waals surface area contributed by atoms with Crippen LogP contribution >= 0.6 is 0 Å². The summed E-state index contributed by atoms with van der Waals surface area (Å²) >= 11 is 0. The fraction of sp³-hybridized carbons (Fsp3) is 0.818. The molecule has 98 valence electrons. The monoisotopic (exact) mass is 244 g/mol. The van der Waals surface area contributed by atoms with E-state index < -0.39 is 18.0 Å². The van der Waals surface area contributed by atoms with E-state index in [0.29, 0.717) is 12.5 Å². The maximum Gasteiger partial charge on any atom is 0.321 e. The fourth-order valence-corrected chi connectivity index (χ4v) is 2.00. The highest BCUT2D eigenvalue weighted by atomic mass is 16.4. The summed E-state index contributed by atoms with van der Waals surface area (Å²) < 4.78 is 0. The van der Waals surface area contributed by atoms with Gasteiger partial charge in [0.25, 0.3) is 0 Å². The maximum atomic E-state index is 10.8. The zero-order valence-corrected chi connectivity index (χ0v) is 10.1. The van der Waals surface area contributed by atoms with Gasteiger partial charge >= 0.3 is 11.9 Å².